The molecule has 0 saturated carbocycles. The van der Waals surface area contributed by atoms with E-state index in [0.717, 1.165) is 5.75 Å². The molecule has 0 unspecified atom stereocenters. The van der Waals surface area contributed by atoms with Gasteiger partial charge in [0.2, 0.25) is 5.91 Å². The Morgan fingerprint density at radius 3 is 2.53 bits per heavy atom. The average molecular weight is 282 g/mol. The second-order valence-electron chi connectivity index (χ2n) is 4.02. The van der Waals surface area contributed by atoms with Crippen LogP contribution in [-0.4, -0.2) is 29.9 Å². The molecule has 0 fully saturated rings. The van der Waals surface area contributed by atoms with Crippen molar-refractivity contribution in [3.05, 3.63) is 24.3 Å². The first-order valence-electron chi connectivity index (χ1n) is 5.86. The smallest absolute Gasteiger partial charge is 0.334 e. The SMILES string of the molecule is CSCC[C@H](NC(C)=O)C(=O)Oc1ccc(N)cc1. The van der Waals surface area contributed by atoms with E-state index in [4.69, 9.17) is 10.5 Å². The average Bonchev–Trinajstić information content (AvgIpc) is 2.36. The predicted octanol–water partition coefficient (Wildman–Crippen LogP) is 1.43. The molecule has 104 valence electrons. The summed E-state index contributed by atoms with van der Waals surface area (Å²) in [5, 5.41) is 2.59. The van der Waals surface area contributed by atoms with Crippen LogP contribution in [0.15, 0.2) is 24.3 Å². The van der Waals surface area contributed by atoms with Crippen LogP contribution in [0.3, 0.4) is 0 Å². The maximum atomic E-state index is 12.0. The van der Waals surface area contributed by atoms with Crippen LogP contribution in [-0.2, 0) is 9.59 Å². The van der Waals surface area contributed by atoms with Gasteiger partial charge in [0.1, 0.15) is 11.8 Å². The zero-order chi connectivity index (χ0) is 14.3. The van der Waals surface area contributed by atoms with E-state index in [1.165, 1.54) is 6.92 Å². The second-order valence-corrected chi connectivity index (χ2v) is 5.01. The summed E-state index contributed by atoms with van der Waals surface area (Å²) in [6.07, 6.45) is 2.48. The molecule has 3 N–H and O–H groups in total. The van der Waals surface area contributed by atoms with Gasteiger partial charge >= 0.3 is 5.97 Å². The predicted molar refractivity (Wildman–Crippen MR) is 77.1 cm³/mol. The van der Waals surface area contributed by atoms with Crippen molar-refractivity contribution in [2.75, 3.05) is 17.7 Å². The van der Waals surface area contributed by atoms with E-state index in [1.54, 1.807) is 36.0 Å². The standard InChI is InChI=1S/C13H18N2O3S/c1-9(16)15-12(7-8-19-2)13(17)18-11-5-3-10(14)4-6-11/h3-6,12H,7-8,14H2,1-2H3,(H,15,16)/t12-/m0/s1. The Morgan fingerprint density at radius 1 is 1.37 bits per heavy atom. The van der Waals surface area contributed by atoms with Gasteiger partial charge in [-0.2, -0.15) is 11.8 Å². The molecule has 5 nitrogen and oxygen atoms in total. The molecule has 1 aromatic carbocycles. The summed E-state index contributed by atoms with van der Waals surface area (Å²) >= 11 is 1.61. The van der Waals surface area contributed by atoms with Crippen LogP contribution < -0.4 is 15.8 Å². The van der Waals surface area contributed by atoms with E-state index >= 15 is 0 Å². The van der Waals surface area contributed by atoms with E-state index in [1.807, 2.05) is 6.26 Å². The highest BCUT2D eigenvalue weighted by Gasteiger charge is 2.21. The highest BCUT2D eigenvalue weighted by Crippen LogP contribution is 2.14. The number of rotatable bonds is 6. The molecule has 1 amide bonds. The fraction of sp³-hybridized carbons (Fsp3) is 0.385. The number of hydrogen-bond donors (Lipinski definition) is 2. The van der Waals surface area contributed by atoms with Gasteiger partial charge in [-0.1, -0.05) is 0 Å². The molecule has 0 spiro atoms. The Balaban J connectivity index is 2.64. The zero-order valence-corrected chi connectivity index (χ0v) is 11.8. The molecule has 0 radical (unpaired) electrons. The first-order valence-corrected chi connectivity index (χ1v) is 7.25. The summed E-state index contributed by atoms with van der Waals surface area (Å²) < 4.78 is 5.21. The van der Waals surface area contributed by atoms with Crippen molar-refractivity contribution in [1.29, 1.82) is 0 Å². The number of anilines is 1. The van der Waals surface area contributed by atoms with Gasteiger partial charge in [0.25, 0.3) is 0 Å². The van der Waals surface area contributed by atoms with Crippen LogP contribution in [0.1, 0.15) is 13.3 Å². The van der Waals surface area contributed by atoms with Gasteiger partial charge in [0.15, 0.2) is 0 Å². The van der Waals surface area contributed by atoms with Gasteiger partial charge in [-0.3, -0.25) is 4.79 Å². The largest absolute Gasteiger partial charge is 0.425 e. The van der Waals surface area contributed by atoms with Crippen LogP contribution in [0.5, 0.6) is 5.75 Å². The molecule has 0 aromatic heterocycles. The molecule has 0 bridgehead atoms. The molecule has 0 aliphatic heterocycles. The van der Waals surface area contributed by atoms with Crippen LogP contribution in [0.25, 0.3) is 0 Å². The number of esters is 1. The van der Waals surface area contributed by atoms with Crippen molar-refractivity contribution in [2.45, 2.75) is 19.4 Å². The lowest BCUT2D eigenvalue weighted by atomic mass is 10.2. The molecular formula is C13H18N2O3S. The lowest BCUT2D eigenvalue weighted by Gasteiger charge is -2.16. The van der Waals surface area contributed by atoms with Crippen molar-refractivity contribution in [3.63, 3.8) is 0 Å². The van der Waals surface area contributed by atoms with E-state index in [9.17, 15) is 9.59 Å². The number of nitrogens with one attached hydrogen (secondary N) is 1. The normalized spacial score (nSPS) is 11.7. The highest BCUT2D eigenvalue weighted by molar-refractivity contribution is 7.98. The number of amides is 1. The van der Waals surface area contributed by atoms with Crippen molar-refractivity contribution in [2.24, 2.45) is 0 Å². The number of carbonyl (C=O) groups excluding carboxylic acids is 2. The number of hydrogen-bond acceptors (Lipinski definition) is 5. The molecule has 0 aliphatic rings. The molecule has 1 atom stereocenters. The minimum Gasteiger partial charge on any atom is -0.425 e. The van der Waals surface area contributed by atoms with E-state index < -0.39 is 12.0 Å². The fourth-order valence-electron chi connectivity index (χ4n) is 1.45. The maximum absolute atomic E-state index is 12.0. The van der Waals surface area contributed by atoms with Crippen molar-refractivity contribution < 1.29 is 14.3 Å². The molecule has 1 rings (SSSR count). The van der Waals surface area contributed by atoms with Gasteiger partial charge in [-0.25, -0.2) is 4.79 Å². The second kappa shape index (κ2) is 7.68. The highest BCUT2D eigenvalue weighted by atomic mass is 32.2. The Kier molecular flexibility index (Phi) is 6.21. The quantitative estimate of drug-likeness (QED) is 0.468. The molecule has 1 aromatic rings. The summed E-state index contributed by atoms with van der Waals surface area (Å²) in [6.45, 7) is 1.38. The van der Waals surface area contributed by atoms with Gasteiger partial charge in [-0.05, 0) is 42.7 Å². The van der Waals surface area contributed by atoms with Crippen LogP contribution in [0, 0.1) is 0 Å². The summed E-state index contributed by atoms with van der Waals surface area (Å²) in [5.41, 5.74) is 6.15. The number of ether oxygens (including phenoxy) is 1. The molecular weight excluding hydrogens is 264 g/mol. The number of nitrogens with two attached hydrogens (primary N) is 1. The third kappa shape index (κ3) is 5.65. The third-order valence-electron chi connectivity index (χ3n) is 2.37. The number of benzene rings is 1. The lowest BCUT2D eigenvalue weighted by molar-refractivity contribution is -0.139. The van der Waals surface area contributed by atoms with Crippen molar-refractivity contribution in [1.82, 2.24) is 5.32 Å². The van der Waals surface area contributed by atoms with E-state index in [-0.39, 0.29) is 5.91 Å². The Labute approximate surface area is 116 Å². The number of nitrogen functional groups attached to an aromatic ring is 1. The Morgan fingerprint density at radius 2 is 2.00 bits per heavy atom. The van der Waals surface area contributed by atoms with Gasteiger partial charge < -0.3 is 15.8 Å². The zero-order valence-electron chi connectivity index (χ0n) is 11.0. The summed E-state index contributed by atoms with van der Waals surface area (Å²) in [5.74, 6) is 0.468. The number of carbonyl (C=O) groups is 2. The first-order chi connectivity index (χ1) is 9.02. The fourth-order valence-corrected chi connectivity index (χ4v) is 1.92. The van der Waals surface area contributed by atoms with Crippen LogP contribution >= 0.6 is 11.8 Å². The lowest BCUT2D eigenvalue weighted by Crippen LogP contribution is -2.42. The topological polar surface area (TPSA) is 81.4 Å². The van der Waals surface area contributed by atoms with E-state index in [0.29, 0.717) is 17.9 Å². The summed E-state index contributed by atoms with van der Waals surface area (Å²) in [6, 6.07) is 5.91. The third-order valence-corrected chi connectivity index (χ3v) is 3.02. The summed E-state index contributed by atoms with van der Waals surface area (Å²) in [7, 11) is 0. The molecule has 0 heterocycles. The van der Waals surface area contributed by atoms with Crippen LogP contribution in [0.4, 0.5) is 5.69 Å². The minimum absolute atomic E-state index is 0.250. The van der Waals surface area contributed by atoms with Crippen molar-refractivity contribution in [3.8, 4) is 5.75 Å². The molecule has 0 aliphatic carbocycles. The van der Waals surface area contributed by atoms with Crippen LogP contribution in [0.2, 0.25) is 0 Å². The minimum atomic E-state index is -0.623. The first kappa shape index (κ1) is 15.4. The Bertz CT molecular complexity index is 434. The molecule has 6 heteroatoms. The van der Waals surface area contributed by atoms with Gasteiger partial charge in [0, 0.05) is 12.6 Å². The van der Waals surface area contributed by atoms with Crippen molar-refractivity contribution >= 4 is 29.3 Å². The Hall–Kier alpha value is -1.69. The molecule has 19 heavy (non-hydrogen) atoms. The maximum Gasteiger partial charge on any atom is 0.334 e. The monoisotopic (exact) mass is 282 g/mol. The van der Waals surface area contributed by atoms with Gasteiger partial charge in [0.05, 0.1) is 0 Å². The van der Waals surface area contributed by atoms with E-state index in [2.05, 4.69) is 5.32 Å². The van der Waals surface area contributed by atoms with Gasteiger partial charge in [-0.15, -0.1) is 0 Å². The summed E-state index contributed by atoms with van der Waals surface area (Å²) in [4.78, 5) is 23.0. The molecule has 0 saturated heterocycles. The number of thioether (sulfide) groups is 1.